The molecule has 118 valence electrons. The molecule has 1 aromatic carbocycles. The third-order valence-corrected chi connectivity index (χ3v) is 3.52. The molecule has 2 heterocycles. The maximum atomic E-state index is 12.4. The molecule has 3 rings (SSSR count). The molecule has 22 heavy (non-hydrogen) atoms. The SMILES string of the molecule is C[C@H]1CNCCN1C(=O)c1ccc(Oc2ccccc2)o1.Cl. The van der Waals surface area contributed by atoms with Gasteiger partial charge < -0.3 is 19.4 Å². The van der Waals surface area contributed by atoms with Crippen molar-refractivity contribution in [3.05, 3.63) is 48.2 Å². The number of rotatable bonds is 3. The van der Waals surface area contributed by atoms with Crippen molar-refractivity contribution in [2.75, 3.05) is 19.6 Å². The average molecular weight is 323 g/mol. The van der Waals surface area contributed by atoms with Crippen LogP contribution in [0.2, 0.25) is 0 Å². The molecule has 0 unspecified atom stereocenters. The van der Waals surface area contributed by atoms with Crippen LogP contribution in [0, 0.1) is 0 Å². The maximum absolute atomic E-state index is 12.4. The molecule has 0 radical (unpaired) electrons. The summed E-state index contributed by atoms with van der Waals surface area (Å²) >= 11 is 0. The molecule has 1 aliphatic heterocycles. The minimum Gasteiger partial charge on any atom is -0.426 e. The van der Waals surface area contributed by atoms with Gasteiger partial charge in [0.15, 0.2) is 5.76 Å². The summed E-state index contributed by atoms with van der Waals surface area (Å²) in [6.45, 7) is 4.33. The van der Waals surface area contributed by atoms with E-state index in [1.54, 1.807) is 12.1 Å². The first-order valence-electron chi connectivity index (χ1n) is 7.08. The van der Waals surface area contributed by atoms with E-state index in [1.807, 2.05) is 42.2 Å². The number of nitrogens with one attached hydrogen (secondary N) is 1. The van der Waals surface area contributed by atoms with Crippen molar-refractivity contribution in [1.29, 1.82) is 0 Å². The van der Waals surface area contributed by atoms with Crippen molar-refractivity contribution in [3.8, 4) is 11.7 Å². The van der Waals surface area contributed by atoms with Crippen LogP contribution in [-0.2, 0) is 0 Å². The number of hydrogen-bond acceptors (Lipinski definition) is 4. The molecule has 1 saturated heterocycles. The van der Waals surface area contributed by atoms with Crippen LogP contribution < -0.4 is 10.1 Å². The molecule has 1 aliphatic rings. The van der Waals surface area contributed by atoms with Crippen LogP contribution in [0.5, 0.6) is 11.7 Å². The second-order valence-electron chi connectivity index (χ2n) is 5.09. The van der Waals surface area contributed by atoms with E-state index in [4.69, 9.17) is 9.15 Å². The van der Waals surface area contributed by atoms with Gasteiger partial charge in [-0.05, 0) is 25.1 Å². The monoisotopic (exact) mass is 322 g/mol. The largest absolute Gasteiger partial charge is 0.426 e. The molecule has 6 heteroatoms. The van der Waals surface area contributed by atoms with Crippen LogP contribution >= 0.6 is 12.4 Å². The lowest BCUT2D eigenvalue weighted by atomic mass is 10.2. The zero-order chi connectivity index (χ0) is 14.7. The van der Waals surface area contributed by atoms with E-state index in [0.717, 1.165) is 13.1 Å². The van der Waals surface area contributed by atoms with Crippen molar-refractivity contribution in [1.82, 2.24) is 10.2 Å². The zero-order valence-corrected chi connectivity index (χ0v) is 13.1. The Morgan fingerprint density at radius 1 is 1.27 bits per heavy atom. The highest BCUT2D eigenvalue weighted by Gasteiger charge is 2.26. The number of amides is 1. The first-order valence-corrected chi connectivity index (χ1v) is 7.08. The van der Waals surface area contributed by atoms with Gasteiger partial charge in [-0.1, -0.05) is 18.2 Å². The predicted octanol–water partition coefficient (Wildman–Crippen LogP) is 2.93. The lowest BCUT2D eigenvalue weighted by molar-refractivity contribution is 0.0618. The van der Waals surface area contributed by atoms with Gasteiger partial charge >= 0.3 is 0 Å². The summed E-state index contributed by atoms with van der Waals surface area (Å²) in [5.41, 5.74) is 0. The molecule has 1 amide bonds. The smallest absolute Gasteiger partial charge is 0.290 e. The number of furan rings is 1. The molecule has 2 aromatic rings. The zero-order valence-electron chi connectivity index (χ0n) is 12.3. The van der Waals surface area contributed by atoms with E-state index in [-0.39, 0.29) is 24.4 Å². The standard InChI is InChI=1S/C16H18N2O3.ClH/c1-12-11-17-9-10-18(12)16(19)14-7-8-15(21-14)20-13-5-3-2-4-6-13;/h2-8,12,17H,9-11H2,1H3;1H/t12-;/m0./s1. The van der Waals surface area contributed by atoms with Crippen molar-refractivity contribution in [3.63, 3.8) is 0 Å². The summed E-state index contributed by atoms with van der Waals surface area (Å²) in [5, 5.41) is 3.26. The molecule has 1 aromatic heterocycles. The van der Waals surface area contributed by atoms with Gasteiger partial charge in [0.25, 0.3) is 11.9 Å². The second-order valence-corrected chi connectivity index (χ2v) is 5.09. The topological polar surface area (TPSA) is 54.7 Å². The summed E-state index contributed by atoms with van der Waals surface area (Å²) < 4.78 is 11.1. The Labute approximate surface area is 135 Å². The van der Waals surface area contributed by atoms with Gasteiger partial charge in [0.2, 0.25) is 0 Å². The Hall–Kier alpha value is -1.98. The highest BCUT2D eigenvalue weighted by Crippen LogP contribution is 2.24. The lowest BCUT2D eigenvalue weighted by Gasteiger charge is -2.33. The number of ether oxygens (including phenoxy) is 1. The van der Waals surface area contributed by atoms with Crippen molar-refractivity contribution in [2.45, 2.75) is 13.0 Å². The summed E-state index contributed by atoms with van der Waals surface area (Å²) in [6, 6.07) is 12.8. The minimum atomic E-state index is -0.0908. The first-order chi connectivity index (χ1) is 10.2. The minimum absolute atomic E-state index is 0. The molecular formula is C16H19ClN2O3. The maximum Gasteiger partial charge on any atom is 0.290 e. The first kappa shape index (κ1) is 16.4. The summed E-state index contributed by atoms with van der Waals surface area (Å²) in [5.74, 6) is 1.23. The Morgan fingerprint density at radius 2 is 2.05 bits per heavy atom. The van der Waals surface area contributed by atoms with Gasteiger partial charge in [-0.25, -0.2) is 0 Å². The highest BCUT2D eigenvalue weighted by atomic mass is 35.5. The fourth-order valence-electron chi connectivity index (χ4n) is 2.38. The van der Waals surface area contributed by atoms with Crippen molar-refractivity contribution >= 4 is 18.3 Å². The second kappa shape index (κ2) is 7.33. The van der Waals surface area contributed by atoms with Crippen LogP contribution in [0.3, 0.4) is 0 Å². The van der Waals surface area contributed by atoms with Crippen LogP contribution in [0.15, 0.2) is 46.9 Å². The Kier molecular flexibility index (Phi) is 5.46. The fourth-order valence-corrected chi connectivity index (χ4v) is 2.38. The number of para-hydroxylation sites is 1. The average Bonchev–Trinajstić information content (AvgIpc) is 2.97. The Balaban J connectivity index is 0.00000176. The molecule has 0 spiro atoms. The Bertz CT molecular complexity index is 615. The van der Waals surface area contributed by atoms with Gasteiger partial charge in [-0.2, -0.15) is 0 Å². The number of hydrogen-bond donors (Lipinski definition) is 1. The number of halogens is 1. The quantitative estimate of drug-likeness (QED) is 0.944. The van der Waals surface area contributed by atoms with E-state index in [1.165, 1.54) is 0 Å². The third-order valence-electron chi connectivity index (χ3n) is 3.52. The number of nitrogens with zero attached hydrogens (tertiary/aromatic N) is 1. The third kappa shape index (κ3) is 3.61. The van der Waals surface area contributed by atoms with Crippen molar-refractivity contribution < 1.29 is 13.9 Å². The van der Waals surface area contributed by atoms with E-state index in [9.17, 15) is 4.79 Å². The molecular weight excluding hydrogens is 304 g/mol. The highest BCUT2D eigenvalue weighted by molar-refractivity contribution is 5.92. The van der Waals surface area contributed by atoms with E-state index >= 15 is 0 Å². The van der Waals surface area contributed by atoms with E-state index < -0.39 is 0 Å². The number of piperazine rings is 1. The van der Waals surface area contributed by atoms with Crippen LogP contribution in [0.4, 0.5) is 0 Å². The lowest BCUT2D eigenvalue weighted by Crippen LogP contribution is -2.52. The van der Waals surface area contributed by atoms with Gasteiger partial charge in [-0.3, -0.25) is 4.79 Å². The molecule has 1 atom stereocenters. The van der Waals surface area contributed by atoms with Crippen LogP contribution in [0.25, 0.3) is 0 Å². The van der Waals surface area contributed by atoms with Crippen LogP contribution in [-0.4, -0.2) is 36.5 Å². The van der Waals surface area contributed by atoms with Gasteiger partial charge in [0.1, 0.15) is 5.75 Å². The van der Waals surface area contributed by atoms with E-state index in [2.05, 4.69) is 5.32 Å². The van der Waals surface area contributed by atoms with Gasteiger partial charge in [0.05, 0.1) is 0 Å². The molecule has 0 bridgehead atoms. The van der Waals surface area contributed by atoms with Gasteiger partial charge in [0, 0.05) is 31.7 Å². The number of benzene rings is 1. The molecule has 1 N–H and O–H groups in total. The Morgan fingerprint density at radius 3 is 2.77 bits per heavy atom. The summed E-state index contributed by atoms with van der Waals surface area (Å²) in [6.07, 6.45) is 0. The van der Waals surface area contributed by atoms with E-state index in [0.29, 0.717) is 24.0 Å². The van der Waals surface area contributed by atoms with Gasteiger partial charge in [-0.15, -0.1) is 12.4 Å². The summed E-state index contributed by atoms with van der Waals surface area (Å²) in [7, 11) is 0. The normalized spacial score (nSPS) is 17.7. The van der Waals surface area contributed by atoms with Crippen LogP contribution in [0.1, 0.15) is 17.5 Å². The fraction of sp³-hybridized carbons (Fsp3) is 0.312. The van der Waals surface area contributed by atoms with Crippen molar-refractivity contribution in [2.24, 2.45) is 0 Å². The number of carbonyl (C=O) groups is 1. The molecule has 0 saturated carbocycles. The number of carbonyl (C=O) groups excluding carboxylic acids is 1. The molecule has 1 fully saturated rings. The summed E-state index contributed by atoms with van der Waals surface area (Å²) in [4.78, 5) is 14.2. The molecule has 0 aliphatic carbocycles. The molecule has 5 nitrogen and oxygen atoms in total. The predicted molar refractivity (Wildman–Crippen MR) is 85.8 cm³/mol.